The summed E-state index contributed by atoms with van der Waals surface area (Å²) in [7, 11) is 1.79. The Balaban J connectivity index is 0.00000338. The van der Waals surface area contributed by atoms with Gasteiger partial charge in [0.15, 0.2) is 5.96 Å². The highest BCUT2D eigenvalue weighted by Gasteiger charge is 2.24. The number of nitrogens with zero attached hydrogens (tertiary/aromatic N) is 2. The third-order valence-electron chi connectivity index (χ3n) is 4.62. The van der Waals surface area contributed by atoms with E-state index in [1.54, 1.807) is 7.05 Å². The lowest BCUT2D eigenvalue weighted by Crippen LogP contribution is -2.50. The predicted octanol–water partition coefficient (Wildman–Crippen LogP) is 3.69. The van der Waals surface area contributed by atoms with E-state index >= 15 is 0 Å². The Hall–Kier alpha value is -0.830. The summed E-state index contributed by atoms with van der Waals surface area (Å²) in [5.41, 5.74) is 2.50. The van der Waals surface area contributed by atoms with Gasteiger partial charge in [0, 0.05) is 43.1 Å². The molecule has 0 radical (unpaired) electrons. The summed E-state index contributed by atoms with van der Waals surface area (Å²) in [5.74, 6) is 1.15. The van der Waals surface area contributed by atoms with Gasteiger partial charge in [0.05, 0.1) is 0 Å². The molecule has 1 fully saturated rings. The molecule has 146 valence electrons. The van der Waals surface area contributed by atoms with Crippen molar-refractivity contribution in [1.29, 1.82) is 0 Å². The molecule has 0 atom stereocenters. The largest absolute Gasteiger partial charge is 0.354 e. The topological polar surface area (TPSA) is 56.7 Å². The zero-order valence-corrected chi connectivity index (χ0v) is 19.9. The molecule has 1 heterocycles. The van der Waals surface area contributed by atoms with Crippen molar-refractivity contribution < 1.29 is 4.79 Å². The Kier molecular flexibility index (Phi) is 9.92. The summed E-state index contributed by atoms with van der Waals surface area (Å²) in [6, 6.07) is 6.65. The van der Waals surface area contributed by atoms with Gasteiger partial charge in [-0.2, -0.15) is 0 Å². The standard InChI is InChI=1S/C19H29BrN4O.HI/c1-13(2)18(25)24-9-7-17(8-10-24)23-19(21-4)22-12-15-5-6-16(20)11-14(15)3;/h5-6,11,13,17H,7-10,12H2,1-4H3,(H2,21,22,23);1H. The molecule has 2 N–H and O–H groups in total. The zero-order chi connectivity index (χ0) is 18.4. The highest BCUT2D eigenvalue weighted by atomic mass is 127. The molecule has 7 heteroatoms. The van der Waals surface area contributed by atoms with Crippen molar-refractivity contribution in [2.45, 2.75) is 46.2 Å². The number of aliphatic imine (C=N–C) groups is 1. The number of likely N-dealkylation sites (tertiary alicyclic amines) is 1. The van der Waals surface area contributed by atoms with E-state index in [-0.39, 0.29) is 35.8 Å². The van der Waals surface area contributed by atoms with E-state index in [1.165, 1.54) is 11.1 Å². The number of guanidine groups is 1. The predicted molar refractivity (Wildman–Crippen MR) is 122 cm³/mol. The molecule has 2 rings (SSSR count). The smallest absolute Gasteiger partial charge is 0.225 e. The van der Waals surface area contributed by atoms with Crippen LogP contribution in [0.1, 0.15) is 37.8 Å². The van der Waals surface area contributed by atoms with Crippen LogP contribution in [0.5, 0.6) is 0 Å². The van der Waals surface area contributed by atoms with Crippen molar-refractivity contribution in [2.24, 2.45) is 10.9 Å². The monoisotopic (exact) mass is 536 g/mol. The Bertz CT molecular complexity index is 628. The molecule has 0 aliphatic carbocycles. The molecular formula is C19H30BrIN4O. The maximum Gasteiger partial charge on any atom is 0.225 e. The second kappa shape index (κ2) is 11.1. The molecule has 0 spiro atoms. The van der Waals surface area contributed by atoms with Crippen molar-refractivity contribution in [2.75, 3.05) is 20.1 Å². The van der Waals surface area contributed by atoms with Gasteiger partial charge in [-0.15, -0.1) is 24.0 Å². The van der Waals surface area contributed by atoms with Crippen molar-refractivity contribution in [3.8, 4) is 0 Å². The first-order chi connectivity index (χ1) is 11.9. The maximum absolute atomic E-state index is 12.1. The van der Waals surface area contributed by atoms with Crippen LogP contribution in [0.3, 0.4) is 0 Å². The lowest BCUT2D eigenvalue weighted by atomic mass is 10.0. The number of carbonyl (C=O) groups excluding carboxylic acids is 1. The minimum atomic E-state index is 0. The summed E-state index contributed by atoms with van der Waals surface area (Å²) in [6.45, 7) is 8.41. The minimum absolute atomic E-state index is 0. The van der Waals surface area contributed by atoms with Crippen molar-refractivity contribution >= 4 is 51.8 Å². The molecule has 0 bridgehead atoms. The van der Waals surface area contributed by atoms with Crippen LogP contribution in [0.2, 0.25) is 0 Å². The van der Waals surface area contributed by atoms with E-state index in [0.29, 0.717) is 6.04 Å². The Morgan fingerprint density at radius 3 is 2.54 bits per heavy atom. The van der Waals surface area contributed by atoms with E-state index in [4.69, 9.17) is 0 Å². The molecule has 1 amide bonds. The molecule has 1 aliphatic heterocycles. The third-order valence-corrected chi connectivity index (χ3v) is 5.11. The van der Waals surface area contributed by atoms with Crippen LogP contribution in [0.25, 0.3) is 0 Å². The van der Waals surface area contributed by atoms with Gasteiger partial charge in [-0.1, -0.05) is 35.8 Å². The quantitative estimate of drug-likeness (QED) is 0.350. The van der Waals surface area contributed by atoms with Gasteiger partial charge < -0.3 is 15.5 Å². The highest BCUT2D eigenvalue weighted by Crippen LogP contribution is 2.16. The van der Waals surface area contributed by atoms with Crippen molar-refractivity contribution in [1.82, 2.24) is 15.5 Å². The van der Waals surface area contributed by atoms with Gasteiger partial charge in [-0.25, -0.2) is 0 Å². The van der Waals surface area contributed by atoms with Crippen LogP contribution in [-0.2, 0) is 11.3 Å². The second-order valence-corrected chi connectivity index (χ2v) is 7.81. The number of nitrogens with one attached hydrogen (secondary N) is 2. The van der Waals surface area contributed by atoms with Crippen molar-refractivity contribution in [3.05, 3.63) is 33.8 Å². The normalized spacial score (nSPS) is 15.6. The maximum atomic E-state index is 12.1. The number of benzene rings is 1. The summed E-state index contributed by atoms with van der Waals surface area (Å²) in [6.07, 6.45) is 1.91. The van der Waals surface area contributed by atoms with E-state index in [1.807, 2.05) is 18.7 Å². The first-order valence-corrected chi connectivity index (χ1v) is 9.71. The fourth-order valence-electron chi connectivity index (χ4n) is 3.03. The second-order valence-electron chi connectivity index (χ2n) is 6.90. The molecule has 0 unspecified atom stereocenters. The first kappa shape index (κ1) is 23.2. The number of hydrogen-bond acceptors (Lipinski definition) is 2. The number of amides is 1. The molecule has 26 heavy (non-hydrogen) atoms. The fourth-order valence-corrected chi connectivity index (χ4v) is 3.51. The number of rotatable bonds is 4. The van der Waals surface area contributed by atoms with Gasteiger partial charge in [-0.05, 0) is 43.0 Å². The SMILES string of the molecule is CN=C(NCc1ccc(Br)cc1C)NC1CCN(C(=O)C(C)C)CC1.I. The first-order valence-electron chi connectivity index (χ1n) is 8.91. The zero-order valence-electron chi connectivity index (χ0n) is 16.0. The minimum Gasteiger partial charge on any atom is -0.354 e. The fraction of sp³-hybridized carbons (Fsp3) is 0.579. The molecular weight excluding hydrogens is 507 g/mol. The number of aryl methyl sites for hydroxylation is 1. The van der Waals surface area contributed by atoms with Gasteiger partial charge in [-0.3, -0.25) is 9.79 Å². The summed E-state index contributed by atoms with van der Waals surface area (Å²) in [5, 5.41) is 6.88. The number of hydrogen-bond donors (Lipinski definition) is 2. The molecule has 5 nitrogen and oxygen atoms in total. The third kappa shape index (κ3) is 6.72. The molecule has 0 saturated carbocycles. The average Bonchev–Trinajstić information content (AvgIpc) is 2.59. The van der Waals surface area contributed by atoms with Crippen LogP contribution in [0, 0.1) is 12.8 Å². The van der Waals surface area contributed by atoms with E-state index in [0.717, 1.165) is 42.9 Å². The van der Waals surface area contributed by atoms with Crippen LogP contribution in [0.15, 0.2) is 27.7 Å². The van der Waals surface area contributed by atoms with Crippen molar-refractivity contribution in [3.63, 3.8) is 0 Å². The van der Waals surface area contributed by atoms with E-state index in [9.17, 15) is 4.79 Å². The number of carbonyl (C=O) groups is 1. The van der Waals surface area contributed by atoms with E-state index in [2.05, 4.69) is 56.7 Å². The van der Waals surface area contributed by atoms with E-state index < -0.39 is 0 Å². The lowest BCUT2D eigenvalue weighted by Gasteiger charge is -2.34. The molecule has 1 aromatic carbocycles. The molecule has 1 aliphatic rings. The molecule has 1 saturated heterocycles. The Morgan fingerprint density at radius 2 is 2.00 bits per heavy atom. The summed E-state index contributed by atoms with van der Waals surface area (Å²) >= 11 is 3.50. The molecule has 0 aromatic heterocycles. The number of halogens is 2. The highest BCUT2D eigenvalue weighted by molar-refractivity contribution is 14.0. The van der Waals surface area contributed by atoms with Crippen LogP contribution in [0.4, 0.5) is 0 Å². The molecule has 1 aromatic rings. The van der Waals surface area contributed by atoms with Crippen LogP contribution < -0.4 is 10.6 Å². The van der Waals surface area contributed by atoms with Crippen LogP contribution >= 0.6 is 39.9 Å². The average molecular weight is 537 g/mol. The van der Waals surface area contributed by atoms with Gasteiger partial charge in [0.2, 0.25) is 5.91 Å². The van der Waals surface area contributed by atoms with Gasteiger partial charge in [0.1, 0.15) is 0 Å². The lowest BCUT2D eigenvalue weighted by molar-refractivity contribution is -0.135. The summed E-state index contributed by atoms with van der Waals surface area (Å²) in [4.78, 5) is 18.4. The van der Waals surface area contributed by atoms with Gasteiger partial charge >= 0.3 is 0 Å². The number of piperidine rings is 1. The van der Waals surface area contributed by atoms with Gasteiger partial charge in [0.25, 0.3) is 0 Å². The Morgan fingerprint density at radius 1 is 1.35 bits per heavy atom. The Labute approximate surface area is 182 Å². The van der Waals surface area contributed by atoms with Crippen LogP contribution in [-0.4, -0.2) is 42.9 Å². The summed E-state index contributed by atoms with van der Waals surface area (Å²) < 4.78 is 1.10.